The highest BCUT2D eigenvalue weighted by Gasteiger charge is 2.10. The summed E-state index contributed by atoms with van der Waals surface area (Å²) in [7, 11) is 0. The summed E-state index contributed by atoms with van der Waals surface area (Å²) in [6.45, 7) is 6.34. The van der Waals surface area contributed by atoms with Crippen molar-refractivity contribution in [3.63, 3.8) is 0 Å². The molecule has 0 aromatic carbocycles. The molecule has 0 heterocycles. The Hall–Kier alpha value is -3.69. The molecule has 0 radical (unpaired) electrons. The molecule has 1 amide bonds. The minimum Gasteiger partial charge on any atom is -0.386 e. The van der Waals surface area contributed by atoms with Gasteiger partial charge in [0.15, 0.2) is 0 Å². The van der Waals surface area contributed by atoms with Crippen molar-refractivity contribution in [3.05, 3.63) is 87.2 Å². The molecule has 0 aliphatic rings. The molecule has 0 unspecified atom stereocenters. The van der Waals surface area contributed by atoms with E-state index in [4.69, 9.17) is 0 Å². The van der Waals surface area contributed by atoms with Gasteiger partial charge in [-0.1, -0.05) is 11.5 Å². The summed E-state index contributed by atoms with van der Waals surface area (Å²) < 4.78 is 0. The summed E-state index contributed by atoms with van der Waals surface area (Å²) in [4.78, 5) is 10.8. The number of rotatable bonds is 3. The Morgan fingerprint density at radius 2 is 1.39 bits per heavy atom. The molecule has 0 bridgehead atoms. The molecule has 2 N–H and O–H groups in total. The minimum atomic E-state index is -0.870. The standard InChI is InChI=1S/C20H13NO2/c1-4-5-6-7-8-9-10-11-12-13-14-15-16-17-20(23)18(2)21-19(3)22/h17-18,20,23H,1H2,2-3H3,(H,21,22)/t18-,20-/m0/s1. The molecular weight excluding hydrogens is 286 g/mol. The van der Waals surface area contributed by atoms with Crippen LogP contribution < -0.4 is 5.32 Å². The van der Waals surface area contributed by atoms with E-state index in [-0.39, 0.29) is 5.91 Å². The normalized spacial score (nSPS) is 9.00. The Morgan fingerprint density at radius 1 is 0.957 bits per heavy atom. The largest absolute Gasteiger partial charge is 0.386 e. The van der Waals surface area contributed by atoms with Crippen molar-refractivity contribution in [2.24, 2.45) is 0 Å². The van der Waals surface area contributed by atoms with Gasteiger partial charge < -0.3 is 10.4 Å². The molecule has 0 aliphatic carbocycles. The maximum absolute atomic E-state index is 10.8. The number of hydrogen-bond donors (Lipinski definition) is 2. The fourth-order valence-corrected chi connectivity index (χ4v) is 1.04. The smallest absolute Gasteiger partial charge is 0.217 e. The fourth-order valence-electron chi connectivity index (χ4n) is 1.04. The van der Waals surface area contributed by atoms with Gasteiger partial charge in [-0.3, -0.25) is 4.79 Å². The van der Waals surface area contributed by atoms with Crippen molar-refractivity contribution in [3.8, 4) is 0 Å². The molecule has 2 atom stereocenters. The first kappa shape index (κ1) is 19.3. The van der Waals surface area contributed by atoms with Crippen LogP contribution in [0.3, 0.4) is 0 Å². The molecule has 0 saturated carbocycles. The number of hydrogen-bond acceptors (Lipinski definition) is 2. The lowest BCUT2D eigenvalue weighted by atomic mass is 10.2. The van der Waals surface area contributed by atoms with Gasteiger partial charge in [0.1, 0.15) is 0 Å². The van der Waals surface area contributed by atoms with Crippen LogP contribution in [0.15, 0.2) is 87.2 Å². The summed E-state index contributed by atoms with van der Waals surface area (Å²) in [5.41, 5.74) is 32.1. The summed E-state index contributed by atoms with van der Waals surface area (Å²) in [6, 6.07) is -0.417. The summed E-state index contributed by atoms with van der Waals surface area (Å²) in [6.07, 6.45) is 0.477. The van der Waals surface area contributed by atoms with Crippen LogP contribution in [0.1, 0.15) is 13.8 Å². The lowest BCUT2D eigenvalue weighted by Crippen LogP contribution is -2.38. The molecule has 0 fully saturated rings. The van der Waals surface area contributed by atoms with E-state index >= 15 is 0 Å². The first-order valence-corrected chi connectivity index (χ1v) is 6.39. The number of aliphatic hydroxyl groups excluding tert-OH is 1. The average Bonchev–Trinajstić information content (AvgIpc) is 2.51. The molecule has 0 aromatic heterocycles. The lowest BCUT2D eigenvalue weighted by molar-refractivity contribution is -0.120. The molecule has 3 heteroatoms. The number of amides is 1. The van der Waals surface area contributed by atoms with E-state index in [1.54, 1.807) is 6.92 Å². The van der Waals surface area contributed by atoms with Gasteiger partial charge in [-0.2, -0.15) is 0 Å². The Labute approximate surface area is 135 Å². The van der Waals surface area contributed by atoms with E-state index in [2.05, 4.69) is 86.4 Å². The number of nitrogens with one attached hydrogen (secondary N) is 1. The zero-order valence-electron chi connectivity index (χ0n) is 12.8. The second kappa shape index (κ2) is 13.3. The summed E-state index contributed by atoms with van der Waals surface area (Å²) in [5.74, 6) is -0.218. The van der Waals surface area contributed by atoms with Crippen LogP contribution in [0.25, 0.3) is 0 Å². The predicted octanol–water partition coefficient (Wildman–Crippen LogP) is 2.07. The van der Waals surface area contributed by atoms with Gasteiger partial charge in [-0.15, -0.1) is 0 Å². The Kier molecular flexibility index (Phi) is 11.2. The summed E-state index contributed by atoms with van der Waals surface area (Å²) in [5, 5.41) is 12.2. The maximum atomic E-state index is 10.8. The molecule has 23 heavy (non-hydrogen) atoms. The highest BCUT2D eigenvalue weighted by Crippen LogP contribution is 1.93. The third kappa shape index (κ3) is 13.1. The van der Waals surface area contributed by atoms with E-state index in [0.717, 1.165) is 0 Å². The van der Waals surface area contributed by atoms with E-state index in [1.807, 2.05) is 0 Å². The van der Waals surface area contributed by atoms with Crippen LogP contribution in [0.5, 0.6) is 0 Å². The third-order valence-electron chi connectivity index (χ3n) is 1.98. The van der Waals surface area contributed by atoms with Crippen molar-refractivity contribution in [1.82, 2.24) is 5.32 Å². The van der Waals surface area contributed by atoms with E-state index in [0.29, 0.717) is 0 Å². The zero-order chi connectivity index (χ0) is 17.3. The highest BCUT2D eigenvalue weighted by molar-refractivity contribution is 5.73. The molecule has 0 saturated heterocycles. The van der Waals surface area contributed by atoms with Gasteiger partial charge in [0.05, 0.1) is 12.1 Å². The van der Waals surface area contributed by atoms with Crippen molar-refractivity contribution in [1.29, 1.82) is 0 Å². The first-order chi connectivity index (χ1) is 11.1. The number of aliphatic hydroxyl groups is 1. The first-order valence-electron chi connectivity index (χ1n) is 6.39. The Morgan fingerprint density at radius 3 is 1.83 bits per heavy atom. The molecule has 0 aliphatic heterocycles. The zero-order valence-corrected chi connectivity index (χ0v) is 12.8. The van der Waals surface area contributed by atoms with E-state index in [9.17, 15) is 9.90 Å². The van der Waals surface area contributed by atoms with Crippen LogP contribution in [0.4, 0.5) is 0 Å². The predicted molar refractivity (Wildman–Crippen MR) is 85.2 cm³/mol. The Balaban J connectivity index is 5.29. The minimum absolute atomic E-state index is 0.218. The van der Waals surface area contributed by atoms with Crippen molar-refractivity contribution < 1.29 is 9.90 Å². The van der Waals surface area contributed by atoms with Crippen molar-refractivity contribution >= 4 is 5.91 Å². The van der Waals surface area contributed by atoms with Crippen LogP contribution in [-0.4, -0.2) is 23.2 Å². The van der Waals surface area contributed by atoms with Crippen LogP contribution in [0.2, 0.25) is 0 Å². The topological polar surface area (TPSA) is 49.3 Å². The molecule has 3 nitrogen and oxygen atoms in total. The van der Waals surface area contributed by atoms with Crippen LogP contribution >= 0.6 is 0 Å². The third-order valence-corrected chi connectivity index (χ3v) is 1.98. The number of carbonyl (C=O) groups excluding carboxylic acids is 1. The summed E-state index contributed by atoms with van der Waals surface area (Å²) >= 11 is 0. The van der Waals surface area contributed by atoms with Crippen LogP contribution in [0, 0.1) is 0 Å². The van der Waals surface area contributed by atoms with Crippen molar-refractivity contribution in [2.45, 2.75) is 26.0 Å². The lowest BCUT2D eigenvalue weighted by Gasteiger charge is -2.14. The van der Waals surface area contributed by atoms with E-state index in [1.165, 1.54) is 13.0 Å². The molecular formula is C20H13NO2. The van der Waals surface area contributed by atoms with Gasteiger partial charge in [-0.25, -0.2) is 0 Å². The number of carbonyl (C=O) groups is 1. The van der Waals surface area contributed by atoms with Crippen molar-refractivity contribution in [2.75, 3.05) is 0 Å². The van der Waals surface area contributed by atoms with Gasteiger partial charge in [-0.05, 0) is 82.6 Å². The SMILES string of the molecule is C=C=C=C=C=C=C=C=C=C=C=C=C=C=C[C@H](O)[C@H](C)NC(C)=O. The van der Waals surface area contributed by atoms with Gasteiger partial charge in [0, 0.05) is 6.92 Å². The molecule has 110 valence electrons. The Bertz CT molecular complexity index is 933. The van der Waals surface area contributed by atoms with Crippen LogP contribution in [-0.2, 0) is 4.79 Å². The average molecular weight is 299 g/mol. The highest BCUT2D eigenvalue weighted by atomic mass is 16.3. The monoisotopic (exact) mass is 299 g/mol. The fraction of sp³-hybridized carbons (Fsp3) is 0.200. The molecule has 0 aromatic rings. The second-order valence-electron chi connectivity index (χ2n) is 3.84. The van der Waals surface area contributed by atoms with E-state index < -0.39 is 12.1 Å². The van der Waals surface area contributed by atoms with Gasteiger partial charge >= 0.3 is 0 Å². The maximum Gasteiger partial charge on any atom is 0.217 e. The quantitative estimate of drug-likeness (QED) is 0.784. The molecule has 0 spiro atoms. The van der Waals surface area contributed by atoms with Gasteiger partial charge in [0.25, 0.3) is 0 Å². The second-order valence-corrected chi connectivity index (χ2v) is 3.84. The molecule has 0 rings (SSSR count). The van der Waals surface area contributed by atoms with Gasteiger partial charge in [0.2, 0.25) is 5.91 Å².